The second-order valence-corrected chi connectivity index (χ2v) is 7.12. The highest BCUT2D eigenvalue weighted by Gasteiger charge is 2.15. The summed E-state index contributed by atoms with van der Waals surface area (Å²) in [6.07, 6.45) is 0.953. The minimum absolute atomic E-state index is 0.294. The molecule has 114 valence electrons. The van der Waals surface area contributed by atoms with Crippen LogP contribution in [0.3, 0.4) is 0 Å². The first-order chi connectivity index (χ1) is 10.7. The van der Waals surface area contributed by atoms with Gasteiger partial charge in [0.05, 0.1) is 15.2 Å². The molecule has 0 radical (unpaired) electrons. The van der Waals surface area contributed by atoms with E-state index in [9.17, 15) is 0 Å². The molecule has 2 nitrogen and oxygen atoms in total. The Kier molecular flexibility index (Phi) is 4.55. The molecule has 1 heterocycles. The Morgan fingerprint density at radius 1 is 1.05 bits per heavy atom. The number of thiazole rings is 1. The highest BCUT2D eigenvalue weighted by Crippen LogP contribution is 2.29. The first kappa shape index (κ1) is 15.2. The van der Waals surface area contributed by atoms with Gasteiger partial charge in [0.15, 0.2) is 0 Å². The minimum atomic E-state index is 0.294. The van der Waals surface area contributed by atoms with Gasteiger partial charge in [0.1, 0.15) is 0 Å². The van der Waals surface area contributed by atoms with Crippen LogP contribution in [0.25, 0.3) is 10.2 Å². The van der Waals surface area contributed by atoms with Gasteiger partial charge in [0.2, 0.25) is 0 Å². The number of rotatable bonds is 5. The van der Waals surface area contributed by atoms with Crippen molar-refractivity contribution >= 4 is 21.6 Å². The van der Waals surface area contributed by atoms with Gasteiger partial charge in [0.25, 0.3) is 0 Å². The van der Waals surface area contributed by atoms with Gasteiger partial charge in [0, 0.05) is 12.5 Å². The molecule has 0 spiro atoms. The van der Waals surface area contributed by atoms with E-state index in [1.165, 1.54) is 15.8 Å². The zero-order valence-corrected chi connectivity index (χ0v) is 13.9. The zero-order chi connectivity index (χ0) is 15.5. The molecule has 3 heteroatoms. The smallest absolute Gasteiger partial charge is 0.0985 e. The van der Waals surface area contributed by atoms with Crippen LogP contribution >= 0.6 is 11.3 Å². The minimum Gasteiger partial charge on any atom is -0.330 e. The molecule has 0 fully saturated rings. The first-order valence-electron chi connectivity index (χ1n) is 7.81. The molecule has 1 aromatic heterocycles. The highest BCUT2D eigenvalue weighted by molar-refractivity contribution is 7.18. The summed E-state index contributed by atoms with van der Waals surface area (Å²) in [6.45, 7) is 5.07. The lowest BCUT2D eigenvalue weighted by atomic mass is 9.96. The van der Waals surface area contributed by atoms with Crippen molar-refractivity contribution in [2.24, 2.45) is 5.73 Å². The summed E-state index contributed by atoms with van der Waals surface area (Å²) in [6, 6.07) is 17.2. The Labute approximate surface area is 136 Å². The van der Waals surface area contributed by atoms with Crippen molar-refractivity contribution in [1.29, 1.82) is 0 Å². The van der Waals surface area contributed by atoms with Crippen molar-refractivity contribution in [3.05, 3.63) is 64.7 Å². The molecule has 2 aromatic carbocycles. The van der Waals surface area contributed by atoms with E-state index in [-0.39, 0.29) is 0 Å². The maximum absolute atomic E-state index is 6.02. The van der Waals surface area contributed by atoms with Crippen LogP contribution in [-0.4, -0.2) is 11.5 Å². The van der Waals surface area contributed by atoms with Gasteiger partial charge in [-0.25, -0.2) is 4.98 Å². The van der Waals surface area contributed by atoms with E-state index in [2.05, 4.69) is 56.3 Å². The number of benzene rings is 2. The van der Waals surface area contributed by atoms with E-state index in [1.807, 2.05) is 6.07 Å². The summed E-state index contributed by atoms with van der Waals surface area (Å²) in [5.41, 5.74) is 9.81. The molecule has 1 atom stereocenters. The Morgan fingerprint density at radius 2 is 1.77 bits per heavy atom. The highest BCUT2D eigenvalue weighted by atomic mass is 32.1. The number of para-hydroxylation sites is 1. The number of fused-ring (bicyclic) bond motifs is 1. The SMILES string of the molecule is CC(C)c1ccc(CC(CN)c2nc3ccccc3s2)cc1. The fourth-order valence-corrected chi connectivity index (χ4v) is 3.74. The molecular weight excluding hydrogens is 288 g/mol. The summed E-state index contributed by atoms with van der Waals surface area (Å²) in [4.78, 5) is 4.76. The number of hydrogen-bond donors (Lipinski definition) is 1. The van der Waals surface area contributed by atoms with Gasteiger partial charge in [-0.2, -0.15) is 0 Å². The molecule has 0 aliphatic carbocycles. The van der Waals surface area contributed by atoms with E-state index >= 15 is 0 Å². The molecule has 0 amide bonds. The molecule has 22 heavy (non-hydrogen) atoms. The normalized spacial score (nSPS) is 12.9. The van der Waals surface area contributed by atoms with Crippen molar-refractivity contribution in [3.8, 4) is 0 Å². The summed E-state index contributed by atoms with van der Waals surface area (Å²) in [5, 5.41) is 1.15. The van der Waals surface area contributed by atoms with Gasteiger partial charge < -0.3 is 5.73 Å². The van der Waals surface area contributed by atoms with E-state index in [1.54, 1.807) is 11.3 Å². The molecule has 3 rings (SSSR count). The van der Waals surface area contributed by atoms with E-state index < -0.39 is 0 Å². The Morgan fingerprint density at radius 3 is 2.41 bits per heavy atom. The lowest BCUT2D eigenvalue weighted by molar-refractivity contribution is 0.690. The lowest BCUT2D eigenvalue weighted by Gasteiger charge is -2.13. The van der Waals surface area contributed by atoms with Crippen LogP contribution in [0.5, 0.6) is 0 Å². The fourth-order valence-electron chi connectivity index (χ4n) is 2.66. The van der Waals surface area contributed by atoms with Crippen LogP contribution < -0.4 is 5.73 Å². The van der Waals surface area contributed by atoms with Gasteiger partial charge in [-0.1, -0.05) is 50.2 Å². The van der Waals surface area contributed by atoms with Crippen LogP contribution in [0.2, 0.25) is 0 Å². The summed E-state index contributed by atoms with van der Waals surface area (Å²) in [7, 11) is 0. The van der Waals surface area contributed by atoms with Crippen molar-refractivity contribution in [1.82, 2.24) is 4.98 Å². The van der Waals surface area contributed by atoms with Crippen LogP contribution in [0.4, 0.5) is 0 Å². The Balaban J connectivity index is 1.81. The molecule has 0 saturated carbocycles. The third-order valence-corrected chi connectivity index (χ3v) is 5.27. The summed E-state index contributed by atoms with van der Waals surface area (Å²) in [5.74, 6) is 0.867. The predicted octanol–water partition coefficient (Wildman–Crippen LogP) is 4.70. The average molecular weight is 310 g/mol. The largest absolute Gasteiger partial charge is 0.330 e. The van der Waals surface area contributed by atoms with Crippen molar-refractivity contribution in [2.45, 2.75) is 32.1 Å². The number of nitrogens with two attached hydrogens (primary N) is 1. The van der Waals surface area contributed by atoms with Crippen LogP contribution in [0.1, 0.15) is 41.8 Å². The quantitative estimate of drug-likeness (QED) is 0.741. The van der Waals surface area contributed by atoms with Gasteiger partial charge in [-0.05, 0) is 35.6 Å². The number of aromatic nitrogens is 1. The molecular formula is C19H22N2S. The lowest BCUT2D eigenvalue weighted by Crippen LogP contribution is -2.14. The standard InChI is InChI=1S/C19H22N2S/c1-13(2)15-9-7-14(8-10-15)11-16(12-20)19-21-17-5-3-4-6-18(17)22-19/h3-10,13,16H,11-12,20H2,1-2H3. The first-order valence-corrected chi connectivity index (χ1v) is 8.63. The van der Waals surface area contributed by atoms with E-state index in [0.29, 0.717) is 18.4 Å². The number of hydrogen-bond acceptors (Lipinski definition) is 3. The molecule has 2 N–H and O–H groups in total. The third-order valence-electron chi connectivity index (χ3n) is 4.07. The summed E-state index contributed by atoms with van der Waals surface area (Å²) >= 11 is 1.77. The van der Waals surface area contributed by atoms with E-state index in [0.717, 1.165) is 16.9 Å². The summed E-state index contributed by atoms with van der Waals surface area (Å²) < 4.78 is 1.24. The second kappa shape index (κ2) is 6.59. The third kappa shape index (κ3) is 3.21. The van der Waals surface area contributed by atoms with Crippen molar-refractivity contribution in [2.75, 3.05) is 6.54 Å². The maximum atomic E-state index is 6.02. The zero-order valence-electron chi connectivity index (χ0n) is 13.1. The molecule has 0 aliphatic rings. The van der Waals surface area contributed by atoms with Gasteiger partial charge in [-0.15, -0.1) is 11.3 Å². The second-order valence-electron chi connectivity index (χ2n) is 6.05. The molecule has 0 bridgehead atoms. The number of nitrogens with zero attached hydrogens (tertiary/aromatic N) is 1. The van der Waals surface area contributed by atoms with Crippen molar-refractivity contribution in [3.63, 3.8) is 0 Å². The monoisotopic (exact) mass is 310 g/mol. The maximum Gasteiger partial charge on any atom is 0.0985 e. The molecule has 0 aliphatic heterocycles. The van der Waals surface area contributed by atoms with Crippen LogP contribution in [0, 0.1) is 0 Å². The Hall–Kier alpha value is -1.71. The van der Waals surface area contributed by atoms with E-state index in [4.69, 9.17) is 10.7 Å². The topological polar surface area (TPSA) is 38.9 Å². The molecule has 3 aromatic rings. The predicted molar refractivity (Wildman–Crippen MR) is 95.7 cm³/mol. The van der Waals surface area contributed by atoms with Crippen molar-refractivity contribution < 1.29 is 0 Å². The average Bonchev–Trinajstić information content (AvgIpc) is 2.96. The molecule has 0 saturated heterocycles. The fraction of sp³-hybridized carbons (Fsp3) is 0.316. The van der Waals surface area contributed by atoms with Gasteiger partial charge in [-0.3, -0.25) is 0 Å². The Bertz CT molecular complexity index is 710. The van der Waals surface area contributed by atoms with Crippen LogP contribution in [0.15, 0.2) is 48.5 Å². The molecule has 1 unspecified atom stereocenters. The van der Waals surface area contributed by atoms with Crippen LogP contribution in [-0.2, 0) is 6.42 Å². The van der Waals surface area contributed by atoms with Gasteiger partial charge >= 0.3 is 0 Å².